The first-order valence-corrected chi connectivity index (χ1v) is 6.36. The molecule has 0 bridgehead atoms. The van der Waals surface area contributed by atoms with Crippen molar-refractivity contribution in [3.8, 4) is 0 Å². The SMILES string of the molecule is CCOC(=O)C[C@H](NC1CC1)c1ccc(F)cc1. The molecule has 1 atom stereocenters. The number of hydrogen-bond acceptors (Lipinski definition) is 3. The van der Waals surface area contributed by atoms with Gasteiger partial charge in [-0.2, -0.15) is 0 Å². The van der Waals surface area contributed by atoms with Crippen molar-refractivity contribution in [2.45, 2.75) is 38.3 Å². The molecule has 1 fully saturated rings. The number of ether oxygens (including phenoxy) is 1. The van der Waals surface area contributed by atoms with Gasteiger partial charge in [0.2, 0.25) is 0 Å². The average molecular weight is 251 g/mol. The molecule has 2 rings (SSSR count). The summed E-state index contributed by atoms with van der Waals surface area (Å²) in [6.45, 7) is 2.18. The molecule has 1 aromatic rings. The Kier molecular flexibility index (Phi) is 4.31. The lowest BCUT2D eigenvalue weighted by Gasteiger charge is -2.18. The molecular formula is C14H18FNO2. The summed E-state index contributed by atoms with van der Waals surface area (Å²) in [4.78, 5) is 11.6. The molecule has 0 spiro atoms. The van der Waals surface area contributed by atoms with Crippen LogP contribution in [0.2, 0.25) is 0 Å². The van der Waals surface area contributed by atoms with Gasteiger partial charge in [-0.1, -0.05) is 12.1 Å². The Morgan fingerprint density at radius 3 is 2.67 bits per heavy atom. The van der Waals surface area contributed by atoms with E-state index in [4.69, 9.17) is 4.74 Å². The van der Waals surface area contributed by atoms with Crippen molar-refractivity contribution in [1.29, 1.82) is 0 Å². The first-order chi connectivity index (χ1) is 8.69. The Balaban J connectivity index is 2.03. The molecule has 0 aliphatic heterocycles. The summed E-state index contributed by atoms with van der Waals surface area (Å²) in [5, 5.41) is 3.39. The zero-order chi connectivity index (χ0) is 13.0. The summed E-state index contributed by atoms with van der Waals surface area (Å²) in [7, 11) is 0. The van der Waals surface area contributed by atoms with Crippen LogP contribution in [0.15, 0.2) is 24.3 Å². The second-order valence-electron chi connectivity index (χ2n) is 4.55. The Hall–Kier alpha value is -1.42. The predicted molar refractivity (Wildman–Crippen MR) is 66.5 cm³/mol. The Morgan fingerprint density at radius 1 is 1.44 bits per heavy atom. The molecule has 0 amide bonds. The molecule has 98 valence electrons. The van der Waals surface area contributed by atoms with E-state index in [-0.39, 0.29) is 24.2 Å². The number of carbonyl (C=O) groups is 1. The van der Waals surface area contributed by atoms with Gasteiger partial charge in [0.15, 0.2) is 0 Å². The smallest absolute Gasteiger partial charge is 0.307 e. The van der Waals surface area contributed by atoms with Crippen LogP contribution < -0.4 is 5.32 Å². The highest BCUT2D eigenvalue weighted by molar-refractivity contribution is 5.70. The number of esters is 1. The highest BCUT2D eigenvalue weighted by Crippen LogP contribution is 2.26. The van der Waals surface area contributed by atoms with Crippen molar-refractivity contribution >= 4 is 5.97 Å². The molecule has 18 heavy (non-hydrogen) atoms. The summed E-state index contributed by atoms with van der Waals surface area (Å²) in [6, 6.07) is 6.67. The minimum absolute atomic E-state index is 0.0860. The van der Waals surface area contributed by atoms with Crippen LogP contribution in [-0.4, -0.2) is 18.6 Å². The van der Waals surface area contributed by atoms with Gasteiger partial charge < -0.3 is 10.1 Å². The molecule has 0 aromatic heterocycles. The minimum Gasteiger partial charge on any atom is -0.466 e. The van der Waals surface area contributed by atoms with Gasteiger partial charge in [-0.05, 0) is 37.5 Å². The van der Waals surface area contributed by atoms with Crippen molar-refractivity contribution in [2.75, 3.05) is 6.61 Å². The molecule has 1 aromatic carbocycles. The monoisotopic (exact) mass is 251 g/mol. The fraction of sp³-hybridized carbons (Fsp3) is 0.500. The molecule has 3 nitrogen and oxygen atoms in total. The average Bonchev–Trinajstić information content (AvgIpc) is 3.13. The fourth-order valence-corrected chi connectivity index (χ4v) is 1.89. The third-order valence-corrected chi connectivity index (χ3v) is 2.96. The van der Waals surface area contributed by atoms with Gasteiger partial charge in [-0.3, -0.25) is 4.79 Å². The quantitative estimate of drug-likeness (QED) is 0.790. The number of carbonyl (C=O) groups excluding carboxylic acids is 1. The van der Waals surface area contributed by atoms with Gasteiger partial charge in [0, 0.05) is 12.1 Å². The highest BCUT2D eigenvalue weighted by Gasteiger charge is 2.27. The Labute approximate surface area is 106 Å². The van der Waals surface area contributed by atoms with E-state index in [1.54, 1.807) is 19.1 Å². The van der Waals surface area contributed by atoms with Gasteiger partial charge in [-0.25, -0.2) is 4.39 Å². The van der Waals surface area contributed by atoms with Gasteiger partial charge in [0.25, 0.3) is 0 Å². The number of halogens is 1. The standard InChI is InChI=1S/C14H18FNO2/c1-2-18-14(17)9-13(16-12-7-8-12)10-3-5-11(15)6-4-10/h3-6,12-13,16H,2,7-9H2,1H3/t13-/m0/s1. The van der Waals surface area contributed by atoms with E-state index >= 15 is 0 Å². The number of benzene rings is 1. The minimum atomic E-state index is -0.264. The van der Waals surface area contributed by atoms with Gasteiger partial charge in [0.05, 0.1) is 13.0 Å². The first kappa shape index (κ1) is 13.0. The summed E-state index contributed by atoms with van der Waals surface area (Å²) >= 11 is 0. The largest absolute Gasteiger partial charge is 0.466 e. The van der Waals surface area contributed by atoms with Crippen LogP contribution in [0.5, 0.6) is 0 Å². The zero-order valence-electron chi connectivity index (χ0n) is 10.5. The lowest BCUT2D eigenvalue weighted by molar-refractivity contribution is -0.143. The van der Waals surface area contributed by atoms with E-state index in [0.717, 1.165) is 18.4 Å². The maximum atomic E-state index is 12.9. The molecule has 1 aliphatic rings. The summed E-state index contributed by atoms with van der Waals surface area (Å²) < 4.78 is 17.9. The topological polar surface area (TPSA) is 38.3 Å². The maximum absolute atomic E-state index is 12.9. The highest BCUT2D eigenvalue weighted by atomic mass is 19.1. The van der Waals surface area contributed by atoms with Crippen molar-refractivity contribution in [3.05, 3.63) is 35.6 Å². The molecule has 0 unspecified atom stereocenters. The number of rotatable bonds is 6. The van der Waals surface area contributed by atoms with Gasteiger partial charge in [0.1, 0.15) is 5.82 Å². The normalized spacial score (nSPS) is 16.3. The first-order valence-electron chi connectivity index (χ1n) is 6.36. The van der Waals surface area contributed by atoms with Gasteiger partial charge in [-0.15, -0.1) is 0 Å². The Bertz CT molecular complexity index is 401. The molecule has 4 heteroatoms. The Morgan fingerprint density at radius 2 is 2.11 bits per heavy atom. The molecular weight excluding hydrogens is 233 g/mol. The van der Waals surface area contributed by atoms with Crippen molar-refractivity contribution in [2.24, 2.45) is 0 Å². The van der Waals surface area contributed by atoms with Crippen molar-refractivity contribution in [3.63, 3.8) is 0 Å². The predicted octanol–water partition coefficient (Wildman–Crippen LogP) is 2.57. The van der Waals surface area contributed by atoms with E-state index in [9.17, 15) is 9.18 Å². The maximum Gasteiger partial charge on any atom is 0.307 e. The number of nitrogens with one attached hydrogen (secondary N) is 1. The van der Waals surface area contributed by atoms with Crippen LogP contribution in [-0.2, 0) is 9.53 Å². The van der Waals surface area contributed by atoms with Crippen LogP contribution in [0.3, 0.4) is 0 Å². The van der Waals surface area contributed by atoms with E-state index in [2.05, 4.69) is 5.32 Å². The third kappa shape index (κ3) is 3.81. The lowest BCUT2D eigenvalue weighted by Crippen LogP contribution is -2.26. The summed E-state index contributed by atoms with van der Waals surface area (Å²) in [6.07, 6.45) is 2.57. The summed E-state index contributed by atoms with van der Waals surface area (Å²) in [5.74, 6) is -0.486. The van der Waals surface area contributed by atoms with Gasteiger partial charge >= 0.3 is 5.97 Å². The second kappa shape index (κ2) is 5.96. The third-order valence-electron chi connectivity index (χ3n) is 2.96. The van der Waals surface area contributed by atoms with Crippen LogP contribution in [0.4, 0.5) is 4.39 Å². The van der Waals surface area contributed by atoms with Crippen LogP contribution in [0.1, 0.15) is 37.8 Å². The van der Waals surface area contributed by atoms with E-state index in [1.807, 2.05) is 0 Å². The molecule has 1 saturated carbocycles. The lowest BCUT2D eigenvalue weighted by atomic mass is 10.0. The van der Waals surface area contributed by atoms with Crippen LogP contribution in [0.25, 0.3) is 0 Å². The molecule has 0 saturated heterocycles. The van der Waals surface area contributed by atoms with Crippen LogP contribution in [0, 0.1) is 5.82 Å². The van der Waals surface area contributed by atoms with E-state index in [0.29, 0.717) is 12.6 Å². The summed E-state index contributed by atoms with van der Waals surface area (Å²) in [5.41, 5.74) is 0.927. The molecule has 0 heterocycles. The number of hydrogen-bond donors (Lipinski definition) is 1. The van der Waals surface area contributed by atoms with Crippen molar-refractivity contribution in [1.82, 2.24) is 5.32 Å². The van der Waals surface area contributed by atoms with E-state index < -0.39 is 0 Å². The van der Waals surface area contributed by atoms with Crippen LogP contribution >= 0.6 is 0 Å². The van der Waals surface area contributed by atoms with Crippen molar-refractivity contribution < 1.29 is 13.9 Å². The van der Waals surface area contributed by atoms with E-state index in [1.165, 1.54) is 12.1 Å². The fourth-order valence-electron chi connectivity index (χ4n) is 1.89. The zero-order valence-corrected chi connectivity index (χ0v) is 10.5. The molecule has 1 N–H and O–H groups in total. The second-order valence-corrected chi connectivity index (χ2v) is 4.55. The molecule has 0 radical (unpaired) electrons. The molecule has 1 aliphatic carbocycles.